The molecule has 0 heterocycles. The van der Waals surface area contributed by atoms with Gasteiger partial charge in [-0.2, -0.15) is 0 Å². The smallest absolute Gasteiger partial charge is 0.330 e. The van der Waals surface area contributed by atoms with Crippen molar-refractivity contribution < 1.29 is 19.4 Å². The average molecular weight is 318 g/mol. The molecule has 1 aliphatic rings. The molecule has 0 saturated heterocycles. The molecule has 1 atom stereocenters. The van der Waals surface area contributed by atoms with E-state index < -0.39 is 17.0 Å². The second-order valence-electron chi connectivity index (χ2n) is 6.59. The zero-order chi connectivity index (χ0) is 17.8. The number of ether oxygens (including phenoxy) is 1. The molecule has 0 spiro atoms. The van der Waals surface area contributed by atoms with Gasteiger partial charge in [0.05, 0.1) is 7.11 Å². The van der Waals surface area contributed by atoms with Crippen LogP contribution in [0.3, 0.4) is 0 Å². The van der Waals surface area contributed by atoms with Gasteiger partial charge in [-0.05, 0) is 37.5 Å². The minimum absolute atomic E-state index is 0.0484. The Hall–Kier alpha value is -1.94. The Morgan fingerprint density at radius 2 is 2.04 bits per heavy atom. The lowest BCUT2D eigenvalue weighted by Gasteiger charge is -2.45. The van der Waals surface area contributed by atoms with E-state index in [0.29, 0.717) is 23.1 Å². The van der Waals surface area contributed by atoms with E-state index in [1.807, 2.05) is 13.8 Å². The number of Topliss-reactive ketones (excluding diaryl/α,β-unsaturated/α-hetero) is 1. The first-order chi connectivity index (χ1) is 10.6. The Labute approximate surface area is 138 Å². The molecule has 0 saturated carbocycles. The topological polar surface area (TPSA) is 63.6 Å². The summed E-state index contributed by atoms with van der Waals surface area (Å²) in [5, 5.41) is 11.2. The van der Waals surface area contributed by atoms with E-state index in [1.54, 1.807) is 32.1 Å². The van der Waals surface area contributed by atoms with Gasteiger partial charge in [0.25, 0.3) is 0 Å². The number of aliphatic hydroxyl groups is 1. The van der Waals surface area contributed by atoms with E-state index in [1.165, 1.54) is 13.2 Å². The summed E-state index contributed by atoms with van der Waals surface area (Å²) in [6.07, 6.45) is 7.06. The number of esters is 1. The summed E-state index contributed by atoms with van der Waals surface area (Å²) in [7, 11) is 1.31. The van der Waals surface area contributed by atoms with E-state index >= 15 is 0 Å². The summed E-state index contributed by atoms with van der Waals surface area (Å²) in [5.74, 6) is -0.399. The van der Waals surface area contributed by atoms with Crippen molar-refractivity contribution in [1.29, 1.82) is 0 Å². The Morgan fingerprint density at radius 1 is 1.43 bits per heavy atom. The number of carbonyl (C=O) groups excluding carboxylic acids is 2. The van der Waals surface area contributed by atoms with Crippen LogP contribution in [0.25, 0.3) is 0 Å². The first-order valence-electron chi connectivity index (χ1n) is 7.61. The minimum atomic E-state index is -1.26. The van der Waals surface area contributed by atoms with Crippen molar-refractivity contribution >= 4 is 11.8 Å². The highest BCUT2D eigenvalue weighted by Crippen LogP contribution is 2.47. The number of methoxy groups -OCH3 is 1. The maximum absolute atomic E-state index is 12.3. The molecule has 0 bridgehead atoms. The molecule has 4 nitrogen and oxygen atoms in total. The zero-order valence-corrected chi connectivity index (χ0v) is 14.6. The summed E-state index contributed by atoms with van der Waals surface area (Å²) in [4.78, 5) is 23.6. The van der Waals surface area contributed by atoms with Crippen LogP contribution in [0.4, 0.5) is 0 Å². The lowest BCUT2D eigenvalue weighted by molar-refractivity contribution is -0.134. The van der Waals surface area contributed by atoms with Gasteiger partial charge in [0.2, 0.25) is 0 Å². The Kier molecular flexibility index (Phi) is 5.89. The van der Waals surface area contributed by atoms with Crippen molar-refractivity contribution in [2.24, 2.45) is 5.41 Å². The third-order valence-corrected chi connectivity index (χ3v) is 4.48. The zero-order valence-electron chi connectivity index (χ0n) is 14.6. The third-order valence-electron chi connectivity index (χ3n) is 4.48. The van der Waals surface area contributed by atoms with Gasteiger partial charge in [-0.15, -0.1) is 6.58 Å². The largest absolute Gasteiger partial charge is 0.466 e. The molecular formula is C19H26O4. The average Bonchev–Trinajstić information content (AvgIpc) is 2.47. The molecule has 126 valence electrons. The number of allylic oxidation sites excluding steroid dienone is 4. The van der Waals surface area contributed by atoms with Crippen LogP contribution >= 0.6 is 0 Å². The van der Waals surface area contributed by atoms with Crippen LogP contribution in [-0.2, 0) is 14.3 Å². The highest BCUT2D eigenvalue weighted by atomic mass is 16.5. The van der Waals surface area contributed by atoms with Gasteiger partial charge in [-0.3, -0.25) is 4.79 Å². The van der Waals surface area contributed by atoms with Crippen LogP contribution in [0, 0.1) is 5.41 Å². The minimum Gasteiger partial charge on any atom is -0.466 e. The Morgan fingerprint density at radius 3 is 2.57 bits per heavy atom. The molecule has 0 aromatic carbocycles. The first kappa shape index (κ1) is 19.1. The maximum Gasteiger partial charge on any atom is 0.330 e. The van der Waals surface area contributed by atoms with Crippen molar-refractivity contribution in [2.45, 2.75) is 46.1 Å². The van der Waals surface area contributed by atoms with Gasteiger partial charge < -0.3 is 9.84 Å². The predicted molar refractivity (Wildman–Crippen MR) is 90.8 cm³/mol. The fourth-order valence-corrected chi connectivity index (χ4v) is 2.90. The standard InChI is InChI=1S/C19H26O4/c1-7-8-15-14(3)19(22,18(4,5)12-16(15)20)10-9-13(2)11-17(21)23-6/h7,9-11,22H,1,8,12H2,2-6H3/b10-9+,13-11-/t19-/m1/s1. The van der Waals surface area contributed by atoms with Gasteiger partial charge in [0.1, 0.15) is 5.60 Å². The Balaban J connectivity index is 3.32. The number of ketones is 1. The van der Waals surface area contributed by atoms with Crippen LogP contribution < -0.4 is 0 Å². The Bertz CT molecular complexity index is 605. The molecule has 0 aliphatic heterocycles. The number of carbonyl (C=O) groups is 2. The SMILES string of the molecule is C=CCC1=C(C)[C@](O)(/C=C/C(C)=C\C(=O)OC)C(C)(C)CC1=O. The van der Waals surface area contributed by atoms with Crippen molar-refractivity contribution in [3.8, 4) is 0 Å². The number of hydrogen-bond donors (Lipinski definition) is 1. The number of rotatable bonds is 5. The summed E-state index contributed by atoms with van der Waals surface area (Å²) in [6, 6.07) is 0. The lowest BCUT2D eigenvalue weighted by atomic mass is 9.62. The van der Waals surface area contributed by atoms with Crippen molar-refractivity contribution in [3.63, 3.8) is 0 Å². The molecule has 23 heavy (non-hydrogen) atoms. The third kappa shape index (κ3) is 3.88. The molecular weight excluding hydrogens is 292 g/mol. The monoisotopic (exact) mass is 318 g/mol. The maximum atomic E-state index is 12.3. The molecule has 0 radical (unpaired) electrons. The van der Waals surface area contributed by atoms with E-state index in [4.69, 9.17) is 0 Å². The van der Waals surface area contributed by atoms with E-state index in [-0.39, 0.29) is 12.2 Å². The molecule has 0 fully saturated rings. The van der Waals surface area contributed by atoms with Crippen LogP contribution in [0.2, 0.25) is 0 Å². The summed E-state index contributed by atoms with van der Waals surface area (Å²) in [5.41, 5.74) is 0.0172. The van der Waals surface area contributed by atoms with Crippen molar-refractivity contribution in [3.05, 3.63) is 47.6 Å². The van der Waals surface area contributed by atoms with Crippen LogP contribution in [0.1, 0.15) is 40.5 Å². The quantitative estimate of drug-likeness (QED) is 0.366. The fraction of sp³-hybridized carbons (Fsp3) is 0.474. The van der Waals surface area contributed by atoms with Crippen molar-refractivity contribution in [2.75, 3.05) is 7.11 Å². The van der Waals surface area contributed by atoms with Gasteiger partial charge in [-0.1, -0.05) is 26.0 Å². The second kappa shape index (κ2) is 7.09. The highest BCUT2D eigenvalue weighted by molar-refractivity contribution is 5.98. The highest BCUT2D eigenvalue weighted by Gasteiger charge is 2.49. The summed E-state index contributed by atoms with van der Waals surface area (Å²) >= 11 is 0. The molecule has 4 heteroatoms. The second-order valence-corrected chi connectivity index (χ2v) is 6.59. The van der Waals surface area contributed by atoms with Gasteiger partial charge in [0.15, 0.2) is 5.78 Å². The van der Waals surface area contributed by atoms with Crippen LogP contribution in [0.15, 0.2) is 47.6 Å². The lowest BCUT2D eigenvalue weighted by Crippen LogP contribution is -2.49. The molecule has 1 N–H and O–H groups in total. The van der Waals surface area contributed by atoms with E-state index in [9.17, 15) is 14.7 Å². The molecule has 1 aliphatic carbocycles. The van der Waals surface area contributed by atoms with Gasteiger partial charge in [0, 0.05) is 23.5 Å². The van der Waals surface area contributed by atoms with Crippen molar-refractivity contribution in [1.82, 2.24) is 0 Å². The predicted octanol–water partition coefficient (Wildman–Crippen LogP) is 3.28. The molecule has 0 aromatic heterocycles. The van der Waals surface area contributed by atoms with Gasteiger partial charge in [-0.25, -0.2) is 4.79 Å². The normalized spacial score (nSPS) is 25.0. The summed E-state index contributed by atoms with van der Waals surface area (Å²) < 4.78 is 4.59. The van der Waals surface area contributed by atoms with E-state index in [0.717, 1.165) is 0 Å². The van der Waals surface area contributed by atoms with Crippen LogP contribution in [0.5, 0.6) is 0 Å². The first-order valence-corrected chi connectivity index (χ1v) is 7.61. The van der Waals surface area contributed by atoms with E-state index in [2.05, 4.69) is 11.3 Å². The van der Waals surface area contributed by atoms with Crippen LogP contribution in [-0.4, -0.2) is 29.6 Å². The summed E-state index contributed by atoms with van der Waals surface area (Å²) in [6.45, 7) is 10.9. The fourth-order valence-electron chi connectivity index (χ4n) is 2.90. The van der Waals surface area contributed by atoms with Gasteiger partial charge >= 0.3 is 5.97 Å². The molecule has 0 unspecified atom stereocenters. The molecule has 1 rings (SSSR count). The number of hydrogen-bond acceptors (Lipinski definition) is 4. The molecule has 0 amide bonds. The molecule has 0 aromatic rings.